The predicted molar refractivity (Wildman–Crippen MR) is 49.2 cm³/mol. The van der Waals surface area contributed by atoms with Crippen LogP contribution in [-0.2, 0) is 0 Å². The summed E-state index contributed by atoms with van der Waals surface area (Å²) >= 11 is 0. The first kappa shape index (κ1) is 9.96. The van der Waals surface area contributed by atoms with Crippen molar-refractivity contribution >= 4 is 0 Å². The summed E-state index contributed by atoms with van der Waals surface area (Å²) in [5.41, 5.74) is 3.97. The van der Waals surface area contributed by atoms with Gasteiger partial charge in [0.2, 0.25) is 0 Å². The molecular formula is C9H24N3+3. The number of nitrogens with one attached hydrogen (secondary N) is 2. The lowest BCUT2D eigenvalue weighted by Crippen LogP contribution is -3.30. The van der Waals surface area contributed by atoms with E-state index in [9.17, 15) is 0 Å². The molecule has 1 atom stereocenters. The van der Waals surface area contributed by atoms with Crippen LogP contribution in [0.1, 0.15) is 13.8 Å². The third-order valence-corrected chi connectivity index (χ3v) is 3.23. The molecule has 0 unspecified atom stereocenters. The maximum Gasteiger partial charge on any atom is 0.134 e. The zero-order chi connectivity index (χ0) is 8.97. The Hall–Kier alpha value is -0.120. The second kappa shape index (κ2) is 4.80. The third-order valence-electron chi connectivity index (χ3n) is 3.23. The molecule has 72 valence electrons. The van der Waals surface area contributed by atoms with Crippen molar-refractivity contribution in [3.63, 3.8) is 0 Å². The van der Waals surface area contributed by atoms with Crippen LogP contribution >= 0.6 is 0 Å². The Bertz CT molecular complexity index is 119. The standard InChI is InChI=1S/C9H21N3/c1-3-11-4-6-12(7-5-11)9(2)8-10/h9H,3-8,10H2,1-2H3/p+3/t9-/m0/s1. The lowest BCUT2D eigenvalue weighted by molar-refractivity contribution is -1.02. The molecule has 12 heavy (non-hydrogen) atoms. The SMILES string of the molecule is CC[NH+]1CC[NH+]([C@@H](C)C[NH3+])CC1. The molecule has 1 heterocycles. The van der Waals surface area contributed by atoms with Gasteiger partial charge in [0.05, 0.1) is 6.54 Å². The van der Waals surface area contributed by atoms with Gasteiger partial charge in [0, 0.05) is 0 Å². The molecule has 5 N–H and O–H groups in total. The van der Waals surface area contributed by atoms with Crippen molar-refractivity contribution < 1.29 is 15.5 Å². The van der Waals surface area contributed by atoms with Crippen molar-refractivity contribution in [3.05, 3.63) is 0 Å². The van der Waals surface area contributed by atoms with E-state index in [0.717, 1.165) is 12.6 Å². The molecule has 0 aromatic heterocycles. The molecule has 1 saturated heterocycles. The highest BCUT2D eigenvalue weighted by Crippen LogP contribution is 1.68. The maximum atomic E-state index is 3.97. The number of likely N-dealkylation sites (N-methyl/N-ethyl adjacent to an activating group) is 1. The summed E-state index contributed by atoms with van der Waals surface area (Å²) in [4.78, 5) is 3.54. The first-order chi connectivity index (χ1) is 5.77. The molecule has 0 saturated carbocycles. The smallest absolute Gasteiger partial charge is 0.134 e. The number of quaternary nitrogens is 3. The summed E-state index contributed by atoms with van der Waals surface area (Å²) in [6.07, 6.45) is 0. The molecule has 0 radical (unpaired) electrons. The minimum absolute atomic E-state index is 0.767. The highest BCUT2D eigenvalue weighted by atomic mass is 15.3. The fraction of sp³-hybridized carbons (Fsp3) is 1.00. The van der Waals surface area contributed by atoms with Crippen LogP contribution in [0.15, 0.2) is 0 Å². The average Bonchev–Trinajstić information content (AvgIpc) is 2.17. The molecule has 3 heteroatoms. The lowest BCUT2D eigenvalue weighted by atomic mass is 10.2. The van der Waals surface area contributed by atoms with E-state index in [1.807, 2.05) is 0 Å². The van der Waals surface area contributed by atoms with E-state index in [1.165, 1.54) is 32.7 Å². The molecule has 0 spiro atoms. The van der Waals surface area contributed by atoms with Gasteiger partial charge in [0.25, 0.3) is 0 Å². The highest BCUT2D eigenvalue weighted by molar-refractivity contribution is 4.45. The lowest BCUT2D eigenvalue weighted by Gasteiger charge is -2.31. The molecule has 0 aromatic rings. The van der Waals surface area contributed by atoms with Gasteiger partial charge < -0.3 is 15.5 Å². The monoisotopic (exact) mass is 174 g/mol. The molecule has 0 aliphatic carbocycles. The summed E-state index contributed by atoms with van der Waals surface area (Å²) < 4.78 is 0. The molecule has 0 amide bonds. The molecule has 1 aliphatic rings. The van der Waals surface area contributed by atoms with Gasteiger partial charge in [0.15, 0.2) is 0 Å². The van der Waals surface area contributed by atoms with Crippen molar-refractivity contribution in [2.45, 2.75) is 19.9 Å². The van der Waals surface area contributed by atoms with E-state index in [-0.39, 0.29) is 0 Å². The minimum atomic E-state index is 0.767. The fourth-order valence-corrected chi connectivity index (χ4v) is 1.98. The largest absolute Gasteiger partial charge is 0.353 e. The summed E-state index contributed by atoms with van der Waals surface area (Å²) in [5, 5.41) is 0. The molecule has 1 fully saturated rings. The van der Waals surface area contributed by atoms with Crippen molar-refractivity contribution in [2.24, 2.45) is 0 Å². The maximum absolute atomic E-state index is 3.97. The third kappa shape index (κ3) is 2.44. The Morgan fingerprint density at radius 2 is 1.83 bits per heavy atom. The van der Waals surface area contributed by atoms with Crippen LogP contribution in [0.25, 0.3) is 0 Å². The van der Waals surface area contributed by atoms with Gasteiger partial charge in [-0.2, -0.15) is 0 Å². The average molecular weight is 174 g/mol. The van der Waals surface area contributed by atoms with E-state index in [0.29, 0.717) is 0 Å². The quantitative estimate of drug-likeness (QED) is 0.396. The summed E-state index contributed by atoms with van der Waals surface area (Å²) in [5.74, 6) is 0. The van der Waals surface area contributed by atoms with Crippen LogP contribution < -0.4 is 15.5 Å². The number of piperazine rings is 1. The van der Waals surface area contributed by atoms with Gasteiger partial charge in [0.1, 0.15) is 38.8 Å². The van der Waals surface area contributed by atoms with Gasteiger partial charge >= 0.3 is 0 Å². The van der Waals surface area contributed by atoms with Crippen LogP contribution in [-0.4, -0.2) is 45.3 Å². The van der Waals surface area contributed by atoms with Crippen LogP contribution in [0.5, 0.6) is 0 Å². The van der Waals surface area contributed by atoms with Gasteiger partial charge in [-0.1, -0.05) is 0 Å². The van der Waals surface area contributed by atoms with Crippen LogP contribution in [0, 0.1) is 0 Å². The Labute approximate surface area is 75.5 Å². The van der Waals surface area contributed by atoms with Gasteiger partial charge in [-0.05, 0) is 13.8 Å². The molecule has 0 aromatic carbocycles. The van der Waals surface area contributed by atoms with Gasteiger partial charge in [-0.25, -0.2) is 0 Å². The fourth-order valence-electron chi connectivity index (χ4n) is 1.98. The van der Waals surface area contributed by atoms with Crippen molar-refractivity contribution in [2.75, 3.05) is 39.3 Å². The normalized spacial score (nSPS) is 33.2. The Balaban J connectivity index is 2.25. The van der Waals surface area contributed by atoms with E-state index in [1.54, 1.807) is 9.80 Å². The van der Waals surface area contributed by atoms with E-state index < -0.39 is 0 Å². The van der Waals surface area contributed by atoms with Crippen LogP contribution in [0.4, 0.5) is 0 Å². The van der Waals surface area contributed by atoms with E-state index >= 15 is 0 Å². The summed E-state index contributed by atoms with van der Waals surface area (Å²) in [6, 6.07) is 0.767. The Morgan fingerprint density at radius 3 is 2.25 bits per heavy atom. The molecular weight excluding hydrogens is 150 g/mol. The molecule has 1 aliphatic heterocycles. The molecule has 1 rings (SSSR count). The molecule has 3 nitrogen and oxygen atoms in total. The zero-order valence-corrected chi connectivity index (χ0v) is 8.53. The Morgan fingerprint density at radius 1 is 1.25 bits per heavy atom. The number of hydrogen-bond acceptors (Lipinski definition) is 0. The van der Waals surface area contributed by atoms with Crippen molar-refractivity contribution in [1.82, 2.24) is 0 Å². The van der Waals surface area contributed by atoms with Crippen molar-refractivity contribution in [1.29, 1.82) is 0 Å². The van der Waals surface area contributed by atoms with Crippen LogP contribution in [0.3, 0.4) is 0 Å². The number of hydrogen-bond donors (Lipinski definition) is 3. The van der Waals surface area contributed by atoms with E-state index in [4.69, 9.17) is 0 Å². The Kier molecular flexibility index (Phi) is 3.98. The van der Waals surface area contributed by atoms with Gasteiger partial charge in [-0.15, -0.1) is 0 Å². The summed E-state index contributed by atoms with van der Waals surface area (Å²) in [6.45, 7) is 12.4. The highest BCUT2D eigenvalue weighted by Gasteiger charge is 2.25. The van der Waals surface area contributed by atoms with Crippen molar-refractivity contribution in [3.8, 4) is 0 Å². The van der Waals surface area contributed by atoms with Gasteiger partial charge in [-0.3, -0.25) is 0 Å². The topological polar surface area (TPSA) is 36.5 Å². The second-order valence-corrected chi connectivity index (χ2v) is 3.95. The second-order valence-electron chi connectivity index (χ2n) is 3.95. The first-order valence-electron chi connectivity index (χ1n) is 5.25. The first-order valence-corrected chi connectivity index (χ1v) is 5.25. The van der Waals surface area contributed by atoms with Crippen LogP contribution in [0.2, 0.25) is 0 Å². The number of rotatable bonds is 3. The summed E-state index contributed by atoms with van der Waals surface area (Å²) in [7, 11) is 0. The predicted octanol–water partition coefficient (Wildman–Crippen LogP) is -3.58. The van der Waals surface area contributed by atoms with E-state index in [2.05, 4.69) is 19.6 Å². The zero-order valence-electron chi connectivity index (χ0n) is 8.53. The minimum Gasteiger partial charge on any atom is -0.353 e. The molecule has 0 bridgehead atoms.